The molecule has 21 heavy (non-hydrogen) atoms. The predicted octanol–water partition coefficient (Wildman–Crippen LogP) is 3.29. The minimum atomic E-state index is -1.10. The molecule has 2 aromatic heterocycles. The molecule has 5 nitrogen and oxygen atoms in total. The number of nitrogens with zero attached hydrogens (tertiary/aromatic N) is 3. The highest BCUT2D eigenvalue weighted by Crippen LogP contribution is 2.21. The minimum Gasteiger partial charge on any atom is -0.478 e. The highest BCUT2D eigenvalue weighted by molar-refractivity contribution is 6.33. The molecule has 0 aliphatic heterocycles. The summed E-state index contributed by atoms with van der Waals surface area (Å²) in [7, 11) is 0. The maximum absolute atomic E-state index is 11.1. The van der Waals surface area contributed by atoms with Crippen LogP contribution in [0.15, 0.2) is 55.0 Å². The largest absolute Gasteiger partial charge is 0.478 e. The summed E-state index contributed by atoms with van der Waals surface area (Å²) in [5.74, 6) is -0.696. The lowest BCUT2D eigenvalue weighted by atomic mass is 10.1. The molecule has 0 radical (unpaired) electrons. The highest BCUT2D eigenvalue weighted by atomic mass is 35.5. The molecule has 1 aromatic carbocycles. The van der Waals surface area contributed by atoms with Crippen molar-refractivity contribution in [3.05, 3.63) is 65.6 Å². The maximum Gasteiger partial charge on any atom is 0.337 e. The van der Waals surface area contributed by atoms with Crippen LogP contribution in [0, 0.1) is 0 Å². The van der Waals surface area contributed by atoms with Gasteiger partial charge >= 0.3 is 5.97 Å². The summed E-state index contributed by atoms with van der Waals surface area (Å²) < 4.78 is 1.52. The van der Waals surface area contributed by atoms with E-state index in [2.05, 4.69) is 10.1 Å². The number of rotatable bonds is 3. The van der Waals surface area contributed by atoms with Gasteiger partial charge in [-0.3, -0.25) is 0 Å². The van der Waals surface area contributed by atoms with Crippen LogP contribution in [0.4, 0.5) is 0 Å². The van der Waals surface area contributed by atoms with E-state index < -0.39 is 5.97 Å². The van der Waals surface area contributed by atoms with Gasteiger partial charge in [0.15, 0.2) is 5.82 Å². The first-order valence-electron chi connectivity index (χ1n) is 6.14. The monoisotopic (exact) mass is 299 g/mol. The first kappa shape index (κ1) is 13.3. The second-order valence-corrected chi connectivity index (χ2v) is 4.77. The Morgan fingerprint density at radius 2 is 1.90 bits per heavy atom. The van der Waals surface area contributed by atoms with Crippen LogP contribution in [0.2, 0.25) is 5.02 Å². The Hall–Kier alpha value is -2.66. The summed E-state index contributed by atoms with van der Waals surface area (Å²) in [5, 5.41) is 13.4. The van der Waals surface area contributed by atoms with Gasteiger partial charge in [-0.1, -0.05) is 41.9 Å². The predicted molar refractivity (Wildman–Crippen MR) is 78.8 cm³/mol. The van der Waals surface area contributed by atoms with Gasteiger partial charge in [0.2, 0.25) is 0 Å². The molecule has 0 spiro atoms. The molecule has 0 fully saturated rings. The number of aromatic carboxylic acids is 1. The van der Waals surface area contributed by atoms with Crippen LogP contribution in [0.25, 0.3) is 16.9 Å². The van der Waals surface area contributed by atoms with E-state index >= 15 is 0 Å². The number of carboxylic acids is 1. The zero-order chi connectivity index (χ0) is 14.8. The number of hydrogen-bond acceptors (Lipinski definition) is 3. The first-order valence-corrected chi connectivity index (χ1v) is 6.52. The second kappa shape index (κ2) is 5.38. The molecule has 6 heteroatoms. The lowest BCUT2D eigenvalue weighted by Crippen LogP contribution is -2.03. The van der Waals surface area contributed by atoms with Crippen molar-refractivity contribution in [3.8, 4) is 16.9 Å². The summed E-state index contributed by atoms with van der Waals surface area (Å²) in [4.78, 5) is 15.2. The van der Waals surface area contributed by atoms with Crippen molar-refractivity contribution in [2.75, 3.05) is 0 Å². The van der Waals surface area contributed by atoms with Gasteiger partial charge in [0.05, 0.1) is 16.8 Å². The number of halogens is 1. The molecule has 0 amide bonds. The maximum atomic E-state index is 11.1. The van der Waals surface area contributed by atoms with Gasteiger partial charge in [0, 0.05) is 18.0 Å². The summed E-state index contributed by atoms with van der Waals surface area (Å²) in [6.45, 7) is 0. The molecule has 0 saturated carbocycles. The Labute approximate surface area is 125 Å². The third-order valence-electron chi connectivity index (χ3n) is 3.00. The smallest absolute Gasteiger partial charge is 0.337 e. The Kier molecular flexibility index (Phi) is 3.41. The average Bonchev–Trinajstić information content (AvgIpc) is 2.98. The van der Waals surface area contributed by atoms with Crippen molar-refractivity contribution in [3.63, 3.8) is 0 Å². The van der Waals surface area contributed by atoms with Crippen molar-refractivity contribution in [1.29, 1.82) is 0 Å². The highest BCUT2D eigenvalue weighted by Gasteiger charge is 2.12. The van der Waals surface area contributed by atoms with E-state index in [1.165, 1.54) is 16.9 Å². The summed E-state index contributed by atoms with van der Waals surface area (Å²) >= 11 is 5.81. The standard InChI is InChI=1S/C15H10ClN3O2/c16-13-8-17-14(6-12(13)15(20)21)19-9-11(7-18-19)10-4-2-1-3-5-10/h1-9H,(H,20,21). The molecule has 0 saturated heterocycles. The molecular weight excluding hydrogens is 290 g/mol. The van der Waals surface area contributed by atoms with E-state index in [4.69, 9.17) is 16.7 Å². The van der Waals surface area contributed by atoms with E-state index in [0.29, 0.717) is 5.82 Å². The number of hydrogen-bond donors (Lipinski definition) is 1. The molecule has 104 valence electrons. The van der Waals surface area contributed by atoms with Crippen LogP contribution in [0.3, 0.4) is 0 Å². The summed E-state index contributed by atoms with van der Waals surface area (Å²) in [5.41, 5.74) is 1.94. The molecule has 3 rings (SSSR count). The summed E-state index contributed by atoms with van der Waals surface area (Å²) in [6, 6.07) is 11.2. The van der Waals surface area contributed by atoms with Crippen molar-refractivity contribution in [2.45, 2.75) is 0 Å². The fraction of sp³-hybridized carbons (Fsp3) is 0. The van der Waals surface area contributed by atoms with E-state index in [1.54, 1.807) is 12.4 Å². The van der Waals surface area contributed by atoms with Crippen molar-refractivity contribution in [2.24, 2.45) is 0 Å². The Bertz CT molecular complexity index is 800. The van der Waals surface area contributed by atoms with E-state index in [0.717, 1.165) is 11.1 Å². The van der Waals surface area contributed by atoms with Crippen molar-refractivity contribution >= 4 is 17.6 Å². The van der Waals surface area contributed by atoms with Crippen molar-refractivity contribution < 1.29 is 9.90 Å². The second-order valence-electron chi connectivity index (χ2n) is 4.37. The molecule has 2 heterocycles. The summed E-state index contributed by atoms with van der Waals surface area (Å²) in [6.07, 6.45) is 4.80. The lowest BCUT2D eigenvalue weighted by Gasteiger charge is -2.03. The van der Waals surface area contributed by atoms with Gasteiger partial charge < -0.3 is 5.11 Å². The van der Waals surface area contributed by atoms with Gasteiger partial charge in [-0.15, -0.1) is 0 Å². The Balaban J connectivity index is 2.01. The van der Waals surface area contributed by atoms with Gasteiger partial charge in [-0.25, -0.2) is 14.5 Å². The van der Waals surface area contributed by atoms with Crippen LogP contribution in [0.5, 0.6) is 0 Å². The zero-order valence-corrected chi connectivity index (χ0v) is 11.5. The molecular formula is C15H10ClN3O2. The quantitative estimate of drug-likeness (QED) is 0.806. The fourth-order valence-corrected chi connectivity index (χ4v) is 2.13. The molecule has 3 aromatic rings. The molecule has 1 N–H and O–H groups in total. The van der Waals surface area contributed by atoms with E-state index in [-0.39, 0.29) is 10.6 Å². The molecule has 0 bridgehead atoms. The third kappa shape index (κ3) is 2.64. The number of pyridine rings is 1. The number of aromatic nitrogens is 3. The van der Waals surface area contributed by atoms with Gasteiger partial charge in [0.1, 0.15) is 0 Å². The average molecular weight is 300 g/mol. The topological polar surface area (TPSA) is 68.0 Å². The Morgan fingerprint density at radius 3 is 2.62 bits per heavy atom. The van der Waals surface area contributed by atoms with Crippen LogP contribution < -0.4 is 0 Å². The van der Waals surface area contributed by atoms with Crippen LogP contribution in [0.1, 0.15) is 10.4 Å². The minimum absolute atomic E-state index is 0.00146. The van der Waals surface area contributed by atoms with Gasteiger partial charge in [-0.2, -0.15) is 5.10 Å². The van der Waals surface area contributed by atoms with Gasteiger partial charge in [-0.05, 0) is 11.6 Å². The SMILES string of the molecule is O=C(O)c1cc(-n2cc(-c3ccccc3)cn2)ncc1Cl. The van der Waals surface area contributed by atoms with E-state index in [1.807, 2.05) is 30.3 Å². The van der Waals surface area contributed by atoms with Crippen molar-refractivity contribution in [1.82, 2.24) is 14.8 Å². The zero-order valence-electron chi connectivity index (χ0n) is 10.8. The third-order valence-corrected chi connectivity index (χ3v) is 3.30. The van der Waals surface area contributed by atoms with Crippen LogP contribution in [-0.2, 0) is 0 Å². The van der Waals surface area contributed by atoms with Crippen LogP contribution >= 0.6 is 11.6 Å². The first-order chi connectivity index (χ1) is 10.1. The molecule has 0 aliphatic carbocycles. The molecule has 0 unspecified atom stereocenters. The fourth-order valence-electron chi connectivity index (χ4n) is 1.94. The number of benzene rings is 1. The molecule has 0 aliphatic rings. The number of carbonyl (C=O) groups is 1. The Morgan fingerprint density at radius 1 is 1.14 bits per heavy atom. The lowest BCUT2D eigenvalue weighted by molar-refractivity contribution is 0.0697. The molecule has 0 atom stereocenters. The van der Waals surface area contributed by atoms with E-state index in [9.17, 15) is 4.79 Å². The van der Waals surface area contributed by atoms with Gasteiger partial charge in [0.25, 0.3) is 0 Å². The normalized spacial score (nSPS) is 10.5. The number of carboxylic acid groups (broad SMARTS) is 1. The van der Waals surface area contributed by atoms with Crippen LogP contribution in [-0.4, -0.2) is 25.8 Å².